The number of carbonyl (C=O) groups is 1. The lowest BCUT2D eigenvalue weighted by atomic mass is 10.1. The molecule has 1 saturated heterocycles. The van der Waals surface area contributed by atoms with Crippen LogP contribution in [0.1, 0.15) is 18.4 Å². The molecule has 1 aromatic carbocycles. The number of thioether (sulfide) groups is 1. The molecule has 2 heterocycles. The van der Waals surface area contributed by atoms with Crippen molar-refractivity contribution in [1.82, 2.24) is 20.1 Å². The first kappa shape index (κ1) is 13.9. The van der Waals surface area contributed by atoms with Crippen molar-refractivity contribution in [2.45, 2.75) is 29.8 Å². The Bertz CT molecular complexity index is 615. The molecule has 0 unspecified atom stereocenters. The molecular weight excluding hydrogens is 286 g/mol. The topological polar surface area (TPSA) is 87.9 Å². The number of hydrogen-bond acceptors (Lipinski definition) is 5. The van der Waals surface area contributed by atoms with Crippen molar-refractivity contribution in [2.75, 3.05) is 12.3 Å². The first-order valence-electron chi connectivity index (χ1n) is 6.89. The molecule has 3 N–H and O–H groups in total. The van der Waals surface area contributed by atoms with E-state index in [-0.39, 0.29) is 17.1 Å². The van der Waals surface area contributed by atoms with E-state index in [9.17, 15) is 4.79 Å². The number of benzene rings is 1. The molecule has 1 atom stereocenters. The van der Waals surface area contributed by atoms with Gasteiger partial charge in [-0.05, 0) is 18.4 Å². The molecule has 0 radical (unpaired) electrons. The Morgan fingerprint density at radius 1 is 1.38 bits per heavy atom. The Morgan fingerprint density at radius 2 is 2.19 bits per heavy atom. The number of hydrogen-bond donors (Lipinski definition) is 2. The average Bonchev–Trinajstić information content (AvgIpc) is 2.90. The van der Waals surface area contributed by atoms with Crippen LogP contribution in [0.3, 0.4) is 0 Å². The SMILES string of the molecule is Nc1nc(S[C@@H]2CCCN(Cc3ccccc3)C2=O)n[nH]1. The van der Waals surface area contributed by atoms with Crippen LogP contribution in [-0.4, -0.2) is 37.8 Å². The van der Waals surface area contributed by atoms with E-state index in [1.807, 2.05) is 35.2 Å². The second-order valence-electron chi connectivity index (χ2n) is 5.00. The zero-order chi connectivity index (χ0) is 14.7. The normalized spacial score (nSPS) is 19.0. The summed E-state index contributed by atoms with van der Waals surface area (Å²) in [5.74, 6) is 0.431. The Morgan fingerprint density at radius 3 is 2.90 bits per heavy atom. The summed E-state index contributed by atoms with van der Waals surface area (Å²) in [7, 11) is 0. The average molecular weight is 303 g/mol. The van der Waals surface area contributed by atoms with E-state index in [0.29, 0.717) is 11.7 Å². The third-order valence-electron chi connectivity index (χ3n) is 3.43. The molecule has 0 aliphatic carbocycles. The predicted octanol–water partition coefficient (Wildman–Crippen LogP) is 1.67. The minimum absolute atomic E-state index is 0.127. The van der Waals surface area contributed by atoms with Gasteiger partial charge in [-0.2, -0.15) is 4.98 Å². The quantitative estimate of drug-likeness (QED) is 0.897. The molecule has 110 valence electrons. The molecule has 0 spiro atoms. The standard InChI is InChI=1S/C14H17N5OS/c15-13-16-14(18-17-13)21-11-7-4-8-19(12(11)20)9-10-5-2-1-3-6-10/h1-3,5-6,11H,4,7-9H2,(H3,15,16,17,18)/t11-/m1/s1. The van der Waals surface area contributed by atoms with Gasteiger partial charge in [0.2, 0.25) is 17.0 Å². The molecule has 0 saturated carbocycles. The molecule has 0 bridgehead atoms. The third kappa shape index (κ3) is 3.36. The number of H-pyrrole nitrogens is 1. The highest BCUT2D eigenvalue weighted by Gasteiger charge is 2.30. The number of aromatic nitrogens is 3. The van der Waals surface area contributed by atoms with Crippen molar-refractivity contribution in [3.8, 4) is 0 Å². The fourth-order valence-corrected chi connectivity index (χ4v) is 3.45. The summed E-state index contributed by atoms with van der Waals surface area (Å²) in [6.07, 6.45) is 1.85. The first-order valence-corrected chi connectivity index (χ1v) is 7.77. The third-order valence-corrected chi connectivity index (χ3v) is 4.54. The van der Waals surface area contributed by atoms with E-state index >= 15 is 0 Å². The maximum absolute atomic E-state index is 12.5. The number of nitrogen functional groups attached to an aromatic ring is 1. The molecule has 1 aromatic heterocycles. The lowest BCUT2D eigenvalue weighted by molar-refractivity contribution is -0.133. The monoisotopic (exact) mass is 303 g/mol. The summed E-state index contributed by atoms with van der Waals surface area (Å²) < 4.78 is 0. The number of nitrogens with zero attached hydrogens (tertiary/aromatic N) is 3. The maximum atomic E-state index is 12.5. The van der Waals surface area contributed by atoms with Crippen LogP contribution >= 0.6 is 11.8 Å². The smallest absolute Gasteiger partial charge is 0.236 e. The number of piperidine rings is 1. The van der Waals surface area contributed by atoms with Gasteiger partial charge < -0.3 is 10.6 Å². The van der Waals surface area contributed by atoms with Crippen LogP contribution in [0.2, 0.25) is 0 Å². The zero-order valence-electron chi connectivity index (χ0n) is 11.5. The highest BCUT2D eigenvalue weighted by atomic mass is 32.2. The highest BCUT2D eigenvalue weighted by molar-refractivity contribution is 8.00. The van der Waals surface area contributed by atoms with Gasteiger partial charge in [-0.25, -0.2) is 5.10 Å². The molecule has 2 aromatic rings. The van der Waals surface area contributed by atoms with E-state index in [2.05, 4.69) is 15.2 Å². The number of amides is 1. The molecular formula is C14H17N5OS. The van der Waals surface area contributed by atoms with E-state index in [1.165, 1.54) is 11.8 Å². The minimum atomic E-state index is -0.127. The van der Waals surface area contributed by atoms with Crippen LogP contribution in [0.4, 0.5) is 5.95 Å². The van der Waals surface area contributed by atoms with Crippen molar-refractivity contribution < 1.29 is 4.79 Å². The van der Waals surface area contributed by atoms with Crippen molar-refractivity contribution in [2.24, 2.45) is 0 Å². The van der Waals surface area contributed by atoms with Gasteiger partial charge in [0.05, 0.1) is 5.25 Å². The largest absolute Gasteiger partial charge is 0.368 e. The van der Waals surface area contributed by atoms with Crippen LogP contribution in [0.25, 0.3) is 0 Å². The van der Waals surface area contributed by atoms with Gasteiger partial charge in [-0.15, -0.1) is 5.10 Å². The Hall–Kier alpha value is -2.02. The summed E-state index contributed by atoms with van der Waals surface area (Å²) in [4.78, 5) is 18.5. The van der Waals surface area contributed by atoms with Crippen LogP contribution in [0.15, 0.2) is 35.5 Å². The summed E-state index contributed by atoms with van der Waals surface area (Å²) >= 11 is 1.38. The van der Waals surface area contributed by atoms with Crippen molar-refractivity contribution in [3.05, 3.63) is 35.9 Å². The van der Waals surface area contributed by atoms with Crippen molar-refractivity contribution >= 4 is 23.6 Å². The zero-order valence-corrected chi connectivity index (χ0v) is 12.3. The second kappa shape index (κ2) is 6.17. The number of nitrogens with two attached hydrogens (primary N) is 1. The lowest BCUT2D eigenvalue weighted by Gasteiger charge is -2.31. The van der Waals surface area contributed by atoms with Gasteiger partial charge in [0.1, 0.15) is 0 Å². The van der Waals surface area contributed by atoms with Crippen molar-refractivity contribution in [1.29, 1.82) is 0 Å². The minimum Gasteiger partial charge on any atom is -0.368 e. The summed E-state index contributed by atoms with van der Waals surface area (Å²) in [5, 5.41) is 6.99. The van der Waals surface area contributed by atoms with Crippen LogP contribution < -0.4 is 5.73 Å². The molecule has 21 heavy (non-hydrogen) atoms. The fourth-order valence-electron chi connectivity index (χ4n) is 2.41. The summed E-state index contributed by atoms with van der Waals surface area (Å²) in [5.41, 5.74) is 6.66. The molecule has 1 fully saturated rings. The molecule has 3 rings (SSSR count). The number of aromatic amines is 1. The van der Waals surface area contributed by atoms with Gasteiger partial charge in [-0.1, -0.05) is 42.1 Å². The highest BCUT2D eigenvalue weighted by Crippen LogP contribution is 2.29. The second-order valence-corrected chi connectivity index (χ2v) is 6.17. The molecule has 1 aliphatic rings. The number of anilines is 1. The van der Waals surface area contributed by atoms with Crippen LogP contribution in [-0.2, 0) is 11.3 Å². The first-order chi connectivity index (χ1) is 10.2. The van der Waals surface area contributed by atoms with Crippen molar-refractivity contribution in [3.63, 3.8) is 0 Å². The predicted molar refractivity (Wildman–Crippen MR) is 81.5 cm³/mol. The Labute approximate surface area is 127 Å². The number of likely N-dealkylation sites (tertiary alicyclic amines) is 1. The van der Waals surface area contributed by atoms with Gasteiger partial charge >= 0.3 is 0 Å². The Kier molecular flexibility index (Phi) is 4.10. The number of carbonyl (C=O) groups excluding carboxylic acids is 1. The van der Waals surface area contributed by atoms with E-state index in [1.54, 1.807) is 0 Å². The fraction of sp³-hybridized carbons (Fsp3) is 0.357. The van der Waals surface area contributed by atoms with E-state index < -0.39 is 0 Å². The van der Waals surface area contributed by atoms with Gasteiger partial charge in [0.25, 0.3) is 0 Å². The van der Waals surface area contributed by atoms with E-state index in [0.717, 1.165) is 24.9 Å². The molecule has 6 nitrogen and oxygen atoms in total. The number of rotatable bonds is 4. The van der Waals surface area contributed by atoms with Crippen LogP contribution in [0.5, 0.6) is 0 Å². The Balaban J connectivity index is 1.66. The van der Waals surface area contributed by atoms with Gasteiger partial charge in [0, 0.05) is 13.1 Å². The summed E-state index contributed by atoms with van der Waals surface area (Å²) in [6, 6.07) is 10.0. The molecule has 7 heteroatoms. The molecule has 1 aliphatic heterocycles. The maximum Gasteiger partial charge on any atom is 0.236 e. The summed E-state index contributed by atoms with van der Waals surface area (Å²) in [6.45, 7) is 1.47. The lowest BCUT2D eigenvalue weighted by Crippen LogP contribution is -2.42. The molecule has 1 amide bonds. The van der Waals surface area contributed by atoms with Gasteiger partial charge in [-0.3, -0.25) is 4.79 Å². The van der Waals surface area contributed by atoms with Gasteiger partial charge in [0.15, 0.2) is 0 Å². The van der Waals surface area contributed by atoms with E-state index in [4.69, 9.17) is 5.73 Å². The van der Waals surface area contributed by atoms with Crippen LogP contribution in [0, 0.1) is 0 Å². The number of nitrogens with one attached hydrogen (secondary N) is 1.